The normalized spacial score (nSPS) is 27.6. The lowest BCUT2D eigenvalue weighted by molar-refractivity contribution is -0.159. The monoisotopic (exact) mass is 667 g/mol. The highest BCUT2D eigenvalue weighted by Gasteiger charge is 2.77. The van der Waals surface area contributed by atoms with Crippen molar-refractivity contribution in [3.63, 3.8) is 0 Å². The van der Waals surface area contributed by atoms with Gasteiger partial charge in [-0.2, -0.15) is 0 Å². The van der Waals surface area contributed by atoms with Crippen molar-refractivity contribution in [1.29, 1.82) is 0 Å². The van der Waals surface area contributed by atoms with E-state index >= 15 is 0 Å². The van der Waals surface area contributed by atoms with Gasteiger partial charge in [-0.3, -0.25) is 19.2 Å². The average molecular weight is 669 g/mol. The first-order valence-electron chi connectivity index (χ1n) is 14.9. The molecule has 3 fully saturated rings. The second-order valence-electron chi connectivity index (χ2n) is 11.6. The number of carbonyl (C=O) groups excluding carboxylic acids is 4. The minimum atomic E-state index is -1.30. The molecule has 0 radical (unpaired) electrons. The number of β-amino-alcohol motifs (C(OH)–C–C–N with tert-alkyl or cyclic N) is 1. The molecule has 2 aromatic rings. The zero-order valence-corrected chi connectivity index (χ0v) is 26.3. The molecule has 0 saturated carbocycles. The molecule has 10 nitrogen and oxygen atoms in total. The minimum absolute atomic E-state index is 0.0942. The molecule has 2 N–H and O–H groups in total. The van der Waals surface area contributed by atoms with Gasteiger partial charge in [-0.15, -0.1) is 13.2 Å². The topological polar surface area (TPSA) is 125 Å². The number of esters is 1. The lowest BCUT2D eigenvalue weighted by Gasteiger charge is -2.37. The molecule has 2 bridgehead atoms. The van der Waals surface area contributed by atoms with Gasteiger partial charge in [0.2, 0.25) is 11.8 Å². The molecule has 2 aromatic carbocycles. The third-order valence-electron chi connectivity index (χ3n) is 8.74. The number of allylic oxidation sites excluding steroid dienone is 1. The van der Waals surface area contributed by atoms with Crippen LogP contribution in [-0.2, 0) is 28.7 Å². The number of benzene rings is 2. The summed E-state index contributed by atoms with van der Waals surface area (Å²) >= 11 is 3.65. The fourth-order valence-electron chi connectivity index (χ4n) is 6.87. The van der Waals surface area contributed by atoms with Gasteiger partial charge in [-0.1, -0.05) is 58.4 Å². The molecule has 3 aliphatic rings. The number of hydrogen-bond donors (Lipinski definition) is 2. The van der Waals surface area contributed by atoms with Gasteiger partial charge in [-0.05, 0) is 42.7 Å². The maximum atomic E-state index is 14.6. The maximum Gasteiger partial charge on any atom is 0.312 e. The SMILES string of the molecule is C=CCCC(=O)NC[C@@H](C)OC(=O)[C@H]1[C@@H]2O[C@@]3(CC2Br)[C@@H]1C(=O)N(CCO)[C@@H]3C(=O)N(CC=C)c1ccc2ccccc2c1. The maximum absolute atomic E-state index is 14.6. The van der Waals surface area contributed by atoms with E-state index in [1.807, 2.05) is 42.5 Å². The van der Waals surface area contributed by atoms with Crippen molar-refractivity contribution in [3.05, 3.63) is 67.8 Å². The van der Waals surface area contributed by atoms with E-state index in [1.54, 1.807) is 24.0 Å². The summed E-state index contributed by atoms with van der Waals surface area (Å²) in [6, 6.07) is 12.4. The van der Waals surface area contributed by atoms with Crippen LogP contribution in [0.3, 0.4) is 0 Å². The smallest absolute Gasteiger partial charge is 0.312 e. The number of anilines is 1. The number of aliphatic hydroxyl groups is 1. The zero-order chi connectivity index (χ0) is 31.6. The van der Waals surface area contributed by atoms with Crippen LogP contribution in [0.25, 0.3) is 10.8 Å². The number of nitrogens with zero attached hydrogens (tertiary/aromatic N) is 2. The Balaban J connectivity index is 1.43. The average Bonchev–Trinajstić information content (AvgIpc) is 3.60. The fourth-order valence-corrected chi connectivity index (χ4v) is 7.81. The molecular formula is C33H38BrN3O7. The summed E-state index contributed by atoms with van der Waals surface area (Å²) in [6.07, 6.45) is 3.07. The number of alkyl halides is 1. The van der Waals surface area contributed by atoms with Crippen molar-refractivity contribution in [1.82, 2.24) is 10.2 Å². The fraction of sp³-hybridized carbons (Fsp3) is 0.455. The molecule has 3 amide bonds. The van der Waals surface area contributed by atoms with Gasteiger partial charge >= 0.3 is 5.97 Å². The van der Waals surface area contributed by atoms with E-state index in [2.05, 4.69) is 34.4 Å². The van der Waals surface area contributed by atoms with E-state index in [9.17, 15) is 24.3 Å². The standard InChI is InChI=1S/C33H38BrN3O7/c1-4-6-11-25(39)35-19-20(3)43-32(42)26-27-30(40)37(15-16-38)29(33(27)18-24(34)28(26)44-33)31(41)36(14-5-2)23-13-12-21-9-7-8-10-22(21)17-23/h4-5,7-10,12-13,17,20,24,26-29,38H,1-2,6,11,14-16,18-19H2,3H3,(H,35,39)/t20-,24?,26-,27+,28-,29-,33+/m1/s1. The van der Waals surface area contributed by atoms with E-state index in [0.29, 0.717) is 18.5 Å². The number of rotatable bonds is 13. The Kier molecular flexibility index (Phi) is 9.57. The predicted molar refractivity (Wildman–Crippen MR) is 169 cm³/mol. The van der Waals surface area contributed by atoms with Gasteiger partial charge in [-0.25, -0.2) is 0 Å². The van der Waals surface area contributed by atoms with Gasteiger partial charge in [0, 0.05) is 30.0 Å². The number of amides is 3. The number of nitrogens with one attached hydrogen (secondary N) is 1. The molecule has 11 heteroatoms. The van der Waals surface area contributed by atoms with E-state index in [1.165, 1.54) is 4.90 Å². The summed E-state index contributed by atoms with van der Waals surface area (Å²) in [5.74, 6) is -3.55. The van der Waals surface area contributed by atoms with Crippen LogP contribution in [0.4, 0.5) is 5.69 Å². The van der Waals surface area contributed by atoms with Crippen molar-refractivity contribution >= 4 is 56.1 Å². The van der Waals surface area contributed by atoms with Crippen molar-refractivity contribution in [2.75, 3.05) is 31.1 Å². The van der Waals surface area contributed by atoms with Gasteiger partial charge in [0.05, 0.1) is 31.1 Å². The highest BCUT2D eigenvalue weighted by atomic mass is 79.9. The van der Waals surface area contributed by atoms with Crippen LogP contribution in [0.1, 0.15) is 26.2 Å². The second kappa shape index (κ2) is 13.2. The molecule has 3 heterocycles. The number of carbonyl (C=O) groups is 4. The number of fused-ring (bicyclic) bond motifs is 2. The van der Waals surface area contributed by atoms with Crippen LogP contribution in [0, 0.1) is 11.8 Å². The summed E-state index contributed by atoms with van der Waals surface area (Å²) in [6.45, 7) is 8.95. The third-order valence-corrected chi connectivity index (χ3v) is 9.58. The molecule has 1 unspecified atom stereocenters. The Bertz CT molecular complexity index is 1470. The highest BCUT2D eigenvalue weighted by Crippen LogP contribution is 2.60. The summed E-state index contributed by atoms with van der Waals surface area (Å²) in [4.78, 5) is 56.9. The zero-order valence-electron chi connectivity index (χ0n) is 24.7. The van der Waals surface area contributed by atoms with Crippen LogP contribution >= 0.6 is 15.9 Å². The second-order valence-corrected chi connectivity index (χ2v) is 12.7. The molecular weight excluding hydrogens is 630 g/mol. The Morgan fingerprint density at radius 2 is 1.98 bits per heavy atom. The highest BCUT2D eigenvalue weighted by molar-refractivity contribution is 9.09. The number of hydrogen-bond acceptors (Lipinski definition) is 7. The van der Waals surface area contributed by atoms with Gasteiger partial charge < -0.3 is 29.7 Å². The molecule has 1 spiro atoms. The number of likely N-dealkylation sites (tertiary alicyclic amines) is 1. The van der Waals surface area contributed by atoms with Gasteiger partial charge in [0.15, 0.2) is 0 Å². The molecule has 5 rings (SSSR count). The van der Waals surface area contributed by atoms with Gasteiger partial charge in [0.25, 0.3) is 5.91 Å². The van der Waals surface area contributed by atoms with Gasteiger partial charge in [0.1, 0.15) is 17.7 Å². The Morgan fingerprint density at radius 1 is 1.23 bits per heavy atom. The molecule has 3 saturated heterocycles. The van der Waals surface area contributed by atoms with E-state index in [-0.39, 0.29) is 49.3 Å². The molecule has 7 atom stereocenters. The van der Waals surface area contributed by atoms with Crippen molar-refractivity contribution in [2.45, 2.75) is 54.9 Å². The van der Waals surface area contributed by atoms with Crippen molar-refractivity contribution in [2.24, 2.45) is 11.8 Å². The Morgan fingerprint density at radius 3 is 2.68 bits per heavy atom. The summed E-state index contributed by atoms with van der Waals surface area (Å²) < 4.78 is 12.3. The van der Waals surface area contributed by atoms with Crippen LogP contribution in [0.5, 0.6) is 0 Å². The van der Waals surface area contributed by atoms with Crippen LogP contribution in [-0.4, -0.2) is 88.6 Å². The quantitative estimate of drug-likeness (QED) is 0.191. The summed E-state index contributed by atoms with van der Waals surface area (Å²) in [7, 11) is 0. The number of aliphatic hydroxyl groups excluding tert-OH is 1. The third kappa shape index (κ3) is 5.68. The largest absolute Gasteiger partial charge is 0.460 e. The molecule has 3 aliphatic heterocycles. The first-order chi connectivity index (χ1) is 21.2. The molecule has 0 aliphatic carbocycles. The molecule has 44 heavy (non-hydrogen) atoms. The predicted octanol–water partition coefficient (Wildman–Crippen LogP) is 3.11. The molecule has 0 aromatic heterocycles. The first kappa shape index (κ1) is 31.9. The Hall–Kier alpha value is -3.54. The lowest BCUT2D eigenvalue weighted by atomic mass is 9.70. The minimum Gasteiger partial charge on any atom is -0.460 e. The lowest BCUT2D eigenvalue weighted by Crippen LogP contribution is -2.57. The first-order valence-corrected chi connectivity index (χ1v) is 15.8. The van der Waals surface area contributed by atoms with Crippen LogP contribution < -0.4 is 10.2 Å². The summed E-state index contributed by atoms with van der Waals surface area (Å²) in [5, 5.41) is 14.6. The van der Waals surface area contributed by atoms with E-state index in [4.69, 9.17) is 9.47 Å². The van der Waals surface area contributed by atoms with Crippen LogP contribution in [0.2, 0.25) is 0 Å². The Labute approximate surface area is 265 Å². The van der Waals surface area contributed by atoms with E-state index < -0.39 is 47.6 Å². The number of halogens is 1. The van der Waals surface area contributed by atoms with Crippen molar-refractivity contribution in [3.8, 4) is 0 Å². The van der Waals surface area contributed by atoms with E-state index in [0.717, 1.165) is 10.8 Å². The molecule has 234 valence electrons. The number of ether oxygens (including phenoxy) is 2. The van der Waals surface area contributed by atoms with Crippen LogP contribution in [0.15, 0.2) is 67.8 Å². The summed E-state index contributed by atoms with van der Waals surface area (Å²) in [5.41, 5.74) is -0.669. The van der Waals surface area contributed by atoms with Crippen molar-refractivity contribution < 1.29 is 33.8 Å².